The number of aliphatic hydroxyl groups excluding tert-OH is 1. The molecule has 0 aliphatic rings. The Kier molecular flexibility index (Phi) is 31.2. The predicted octanol–water partition coefficient (Wildman–Crippen LogP) is 5.12. The largest absolute Gasteiger partial charge is 1.00 e. The van der Waals surface area contributed by atoms with Crippen molar-refractivity contribution in [1.29, 1.82) is 5.26 Å². The molecule has 0 spiro atoms. The van der Waals surface area contributed by atoms with Crippen molar-refractivity contribution in [3.63, 3.8) is 0 Å². The van der Waals surface area contributed by atoms with Gasteiger partial charge in [-0.3, -0.25) is 0 Å². The smallest absolute Gasteiger partial charge is 0.850 e. The first-order chi connectivity index (χ1) is 18.4. The van der Waals surface area contributed by atoms with Crippen molar-refractivity contribution in [2.75, 3.05) is 19.8 Å². The second-order valence-electron chi connectivity index (χ2n) is 11.1. The molecule has 1 atom stereocenters. The number of ether oxygens (including phenoxy) is 2. The van der Waals surface area contributed by atoms with Crippen LogP contribution in [0.25, 0.3) is 0 Å². The molecule has 0 aliphatic carbocycles. The summed E-state index contributed by atoms with van der Waals surface area (Å²) < 4.78 is 11.4. The maximum atomic E-state index is 10.5. The molecule has 220 valence electrons. The van der Waals surface area contributed by atoms with Crippen molar-refractivity contribution in [2.45, 2.75) is 149 Å². The summed E-state index contributed by atoms with van der Waals surface area (Å²) in [6, 6.07) is 9.07. The standard InChI is InChI=1S/C28H47NO3.C5H11O.K/c1-2-3-4-5-6-7-8-9-10-11-12-13-14-15-16-17-21-31-25-28(24-30)32-27-20-18-19-26(22-27)23-29;1-4-5(2,3)6;/h18-20,22,28,30H,2-17,21,24-25H2,1H3;4H2,1-3H3;/q;-1;+1/t28-;;/m0../s1. The molecule has 0 unspecified atom stereocenters. The predicted molar refractivity (Wildman–Crippen MR) is 157 cm³/mol. The van der Waals surface area contributed by atoms with E-state index in [4.69, 9.17) is 14.7 Å². The zero-order valence-corrected chi connectivity index (χ0v) is 29.3. The third-order valence-electron chi connectivity index (χ3n) is 6.77. The van der Waals surface area contributed by atoms with Crippen LogP contribution in [-0.2, 0) is 4.74 Å². The van der Waals surface area contributed by atoms with Crippen molar-refractivity contribution in [3.8, 4) is 11.8 Å². The van der Waals surface area contributed by atoms with Crippen molar-refractivity contribution in [2.24, 2.45) is 0 Å². The van der Waals surface area contributed by atoms with Crippen LogP contribution in [0.2, 0.25) is 0 Å². The van der Waals surface area contributed by atoms with Gasteiger partial charge in [-0.2, -0.15) is 5.26 Å². The van der Waals surface area contributed by atoms with Crippen LogP contribution in [0, 0.1) is 11.3 Å². The molecule has 0 saturated heterocycles. The van der Waals surface area contributed by atoms with Gasteiger partial charge >= 0.3 is 51.4 Å². The first-order valence-corrected chi connectivity index (χ1v) is 15.4. The number of nitriles is 1. The molecule has 1 aromatic carbocycles. The van der Waals surface area contributed by atoms with Crippen LogP contribution in [-0.4, -0.2) is 36.6 Å². The molecule has 39 heavy (non-hydrogen) atoms. The Hall–Kier alpha value is 0.0264. The monoisotopic (exact) mass is 571 g/mol. The molecule has 0 radical (unpaired) electrons. The molecule has 0 bridgehead atoms. The van der Waals surface area contributed by atoms with E-state index in [0.29, 0.717) is 30.9 Å². The summed E-state index contributed by atoms with van der Waals surface area (Å²) in [7, 11) is 0. The Morgan fingerprint density at radius 2 is 1.31 bits per heavy atom. The van der Waals surface area contributed by atoms with Gasteiger partial charge in [-0.1, -0.05) is 136 Å². The van der Waals surface area contributed by atoms with Gasteiger partial charge < -0.3 is 19.7 Å². The molecule has 1 N–H and O–H groups in total. The van der Waals surface area contributed by atoms with Crippen LogP contribution in [0.1, 0.15) is 142 Å². The molecular weight excluding hydrogens is 513 g/mol. The number of nitrogens with zero attached hydrogens (tertiary/aromatic N) is 1. The van der Waals surface area contributed by atoms with E-state index in [9.17, 15) is 10.2 Å². The molecule has 6 heteroatoms. The summed E-state index contributed by atoms with van der Waals surface area (Å²) in [5, 5.41) is 28.9. The minimum absolute atomic E-state index is 0. The molecule has 1 aromatic rings. The molecule has 0 amide bonds. The van der Waals surface area contributed by atoms with Gasteiger partial charge in [0.15, 0.2) is 0 Å². The quantitative estimate of drug-likeness (QED) is 0.146. The Morgan fingerprint density at radius 1 is 0.846 bits per heavy atom. The number of unbranched alkanes of at least 4 members (excludes halogenated alkanes) is 15. The Bertz CT molecular complexity index is 687. The van der Waals surface area contributed by atoms with Gasteiger partial charge in [0.05, 0.1) is 24.8 Å². The van der Waals surface area contributed by atoms with Crippen LogP contribution < -0.4 is 61.2 Å². The Morgan fingerprint density at radius 3 is 1.72 bits per heavy atom. The zero-order chi connectivity index (χ0) is 28.3. The first kappa shape index (κ1) is 41.2. The summed E-state index contributed by atoms with van der Waals surface area (Å²) >= 11 is 0. The van der Waals surface area contributed by atoms with Crippen LogP contribution in [0.3, 0.4) is 0 Å². The van der Waals surface area contributed by atoms with Gasteiger partial charge in [-0.15, -0.1) is 5.60 Å². The van der Waals surface area contributed by atoms with E-state index in [1.54, 1.807) is 38.1 Å². The summed E-state index contributed by atoms with van der Waals surface area (Å²) in [6.45, 7) is 8.52. The van der Waals surface area contributed by atoms with Crippen molar-refractivity contribution in [1.82, 2.24) is 0 Å². The van der Waals surface area contributed by atoms with Crippen LogP contribution in [0.15, 0.2) is 24.3 Å². The second kappa shape index (κ2) is 29.5. The zero-order valence-electron chi connectivity index (χ0n) is 26.1. The maximum absolute atomic E-state index is 10.5. The molecule has 0 aliphatic heterocycles. The minimum Gasteiger partial charge on any atom is -0.850 e. The molecule has 5 nitrogen and oxygen atoms in total. The van der Waals surface area contributed by atoms with E-state index in [1.165, 1.54) is 96.3 Å². The number of rotatable bonds is 23. The van der Waals surface area contributed by atoms with Gasteiger partial charge in [0.25, 0.3) is 0 Å². The minimum atomic E-state index is -0.708. The van der Waals surface area contributed by atoms with Gasteiger partial charge in [0, 0.05) is 6.61 Å². The average Bonchev–Trinajstić information content (AvgIpc) is 2.91. The van der Waals surface area contributed by atoms with E-state index < -0.39 is 11.7 Å². The Balaban J connectivity index is 0. The third kappa shape index (κ3) is 29.3. The number of aliphatic hydroxyl groups is 1. The summed E-state index contributed by atoms with van der Waals surface area (Å²) in [4.78, 5) is 0. The fraction of sp³-hybridized carbons (Fsp3) is 0.788. The van der Waals surface area contributed by atoms with Crippen LogP contribution in [0.4, 0.5) is 0 Å². The molecule has 0 saturated carbocycles. The van der Waals surface area contributed by atoms with E-state index in [2.05, 4.69) is 13.0 Å². The van der Waals surface area contributed by atoms with Gasteiger partial charge in [0.1, 0.15) is 11.9 Å². The van der Waals surface area contributed by atoms with Crippen LogP contribution in [0.5, 0.6) is 5.75 Å². The fourth-order valence-electron chi connectivity index (χ4n) is 3.92. The molecule has 0 aromatic heterocycles. The van der Waals surface area contributed by atoms with Gasteiger partial charge in [0.2, 0.25) is 0 Å². The van der Waals surface area contributed by atoms with Crippen molar-refractivity contribution >= 4 is 0 Å². The maximum Gasteiger partial charge on any atom is 1.00 e. The van der Waals surface area contributed by atoms with Gasteiger partial charge in [-0.25, -0.2) is 0 Å². The summed E-state index contributed by atoms with van der Waals surface area (Å²) in [5.74, 6) is 0.592. The average molecular weight is 572 g/mol. The number of hydrogen-bond acceptors (Lipinski definition) is 5. The SMILES string of the molecule is CCC(C)(C)[O-].CCCCCCCCCCCCCCCCCCOC[C@H](CO)Oc1cccc(C#N)c1.[K+]. The van der Waals surface area contributed by atoms with E-state index in [0.717, 1.165) is 6.42 Å². The molecular formula is C33H58KNO4. The molecule has 0 fully saturated rings. The number of hydrogen-bond donors (Lipinski definition) is 1. The first-order valence-electron chi connectivity index (χ1n) is 15.4. The normalized spacial score (nSPS) is 11.6. The molecule has 1 rings (SSSR count). The van der Waals surface area contributed by atoms with Crippen LogP contribution >= 0.6 is 0 Å². The molecule has 0 heterocycles. The summed E-state index contributed by atoms with van der Waals surface area (Å²) in [5.41, 5.74) is -0.159. The fourth-order valence-corrected chi connectivity index (χ4v) is 3.92. The summed E-state index contributed by atoms with van der Waals surface area (Å²) in [6.07, 6.45) is 22.1. The number of benzene rings is 1. The van der Waals surface area contributed by atoms with Gasteiger partial charge in [-0.05, 0) is 24.6 Å². The topological polar surface area (TPSA) is 85.5 Å². The van der Waals surface area contributed by atoms with E-state index in [1.807, 2.05) is 6.92 Å². The Labute approximate surface area is 283 Å². The van der Waals surface area contributed by atoms with Crippen molar-refractivity contribution in [3.05, 3.63) is 29.8 Å². The van der Waals surface area contributed by atoms with E-state index in [-0.39, 0.29) is 58.0 Å². The van der Waals surface area contributed by atoms with Crippen molar-refractivity contribution < 1.29 is 71.1 Å². The van der Waals surface area contributed by atoms with E-state index >= 15 is 0 Å². The second-order valence-corrected chi connectivity index (χ2v) is 11.1. The third-order valence-corrected chi connectivity index (χ3v) is 6.77.